The third kappa shape index (κ3) is 3.92. The number of nitrogens with zero attached hydrogens (tertiary/aromatic N) is 2. The number of aliphatic hydroxyl groups excluding tert-OH is 1. The summed E-state index contributed by atoms with van der Waals surface area (Å²) >= 11 is 0. The number of hydrogen-bond acceptors (Lipinski definition) is 4. The van der Waals surface area contributed by atoms with E-state index in [1.165, 1.54) is 32.1 Å². The van der Waals surface area contributed by atoms with Crippen LogP contribution in [-0.2, 0) is 6.42 Å². The summed E-state index contributed by atoms with van der Waals surface area (Å²) < 4.78 is 0. The summed E-state index contributed by atoms with van der Waals surface area (Å²) in [4.78, 5) is 8.88. The predicted octanol–water partition coefficient (Wildman–Crippen LogP) is 3.09. The third-order valence-electron chi connectivity index (χ3n) is 4.45. The lowest BCUT2D eigenvalue weighted by Crippen LogP contribution is -2.33. The average molecular weight is 277 g/mol. The van der Waals surface area contributed by atoms with Crippen LogP contribution < -0.4 is 5.32 Å². The summed E-state index contributed by atoms with van der Waals surface area (Å²) in [7, 11) is 0. The van der Waals surface area contributed by atoms with Crippen molar-refractivity contribution in [1.82, 2.24) is 9.97 Å². The molecule has 0 radical (unpaired) electrons. The number of aromatic nitrogens is 2. The highest BCUT2D eigenvalue weighted by Gasteiger charge is 2.31. The smallest absolute Gasteiger partial charge is 0.129 e. The van der Waals surface area contributed by atoms with Crippen molar-refractivity contribution in [2.45, 2.75) is 58.8 Å². The molecule has 0 amide bonds. The lowest BCUT2D eigenvalue weighted by molar-refractivity contribution is 0.141. The molecule has 0 saturated heterocycles. The van der Waals surface area contributed by atoms with Crippen LogP contribution in [0.3, 0.4) is 0 Å². The van der Waals surface area contributed by atoms with E-state index in [9.17, 15) is 5.11 Å². The van der Waals surface area contributed by atoms with Crippen molar-refractivity contribution < 1.29 is 5.11 Å². The highest BCUT2D eigenvalue weighted by Crippen LogP contribution is 2.39. The minimum atomic E-state index is 0.248. The van der Waals surface area contributed by atoms with Gasteiger partial charge in [-0.1, -0.05) is 26.2 Å². The molecule has 1 saturated carbocycles. The van der Waals surface area contributed by atoms with Gasteiger partial charge in [-0.25, -0.2) is 9.97 Å². The Hall–Kier alpha value is -1.16. The molecule has 1 fully saturated rings. The highest BCUT2D eigenvalue weighted by molar-refractivity contribution is 5.36. The minimum absolute atomic E-state index is 0.248. The summed E-state index contributed by atoms with van der Waals surface area (Å²) in [6.45, 7) is 5.24. The molecule has 2 N–H and O–H groups in total. The fourth-order valence-electron chi connectivity index (χ4n) is 3.23. The Morgan fingerprint density at radius 3 is 2.65 bits per heavy atom. The Balaban J connectivity index is 2.03. The third-order valence-corrected chi connectivity index (χ3v) is 4.45. The number of hydrogen-bond donors (Lipinski definition) is 2. The van der Waals surface area contributed by atoms with Gasteiger partial charge in [-0.15, -0.1) is 0 Å². The number of nitrogens with one attached hydrogen (secondary N) is 1. The number of aliphatic hydroxyl groups is 1. The Kier molecular flexibility index (Phi) is 5.35. The van der Waals surface area contributed by atoms with E-state index in [0.717, 1.165) is 36.7 Å². The van der Waals surface area contributed by atoms with Crippen LogP contribution in [0.15, 0.2) is 6.07 Å². The Labute approximate surface area is 122 Å². The van der Waals surface area contributed by atoms with Gasteiger partial charge in [-0.2, -0.15) is 0 Å². The molecule has 0 aliphatic heterocycles. The Bertz CT molecular complexity index is 422. The van der Waals surface area contributed by atoms with Crippen LogP contribution in [0.1, 0.15) is 57.0 Å². The Morgan fingerprint density at radius 2 is 2.00 bits per heavy atom. The maximum Gasteiger partial charge on any atom is 0.129 e. The van der Waals surface area contributed by atoms with Crippen LogP contribution in [0.25, 0.3) is 0 Å². The van der Waals surface area contributed by atoms with Gasteiger partial charge in [0.05, 0.1) is 0 Å². The molecule has 20 heavy (non-hydrogen) atoms. The lowest BCUT2D eigenvalue weighted by Gasteiger charge is -2.37. The van der Waals surface area contributed by atoms with Gasteiger partial charge >= 0.3 is 0 Å². The first-order chi connectivity index (χ1) is 9.67. The summed E-state index contributed by atoms with van der Waals surface area (Å²) in [5, 5.41) is 12.8. The van der Waals surface area contributed by atoms with Gasteiger partial charge in [0.2, 0.25) is 0 Å². The molecule has 1 heterocycles. The van der Waals surface area contributed by atoms with Crippen LogP contribution >= 0.6 is 0 Å². The molecule has 4 heteroatoms. The van der Waals surface area contributed by atoms with Crippen LogP contribution in [0.5, 0.6) is 0 Å². The van der Waals surface area contributed by atoms with Gasteiger partial charge in [-0.05, 0) is 38.0 Å². The summed E-state index contributed by atoms with van der Waals surface area (Å²) in [6.07, 6.45) is 8.15. The van der Waals surface area contributed by atoms with Crippen molar-refractivity contribution in [3.05, 3.63) is 17.6 Å². The quantitative estimate of drug-likeness (QED) is 0.839. The van der Waals surface area contributed by atoms with Crippen LogP contribution in [0, 0.1) is 12.3 Å². The fourth-order valence-corrected chi connectivity index (χ4v) is 3.23. The van der Waals surface area contributed by atoms with Gasteiger partial charge in [0.15, 0.2) is 0 Å². The van der Waals surface area contributed by atoms with Gasteiger partial charge in [0.1, 0.15) is 11.6 Å². The van der Waals surface area contributed by atoms with Crippen molar-refractivity contribution in [2.24, 2.45) is 5.41 Å². The molecular formula is C16H27N3O. The standard InChI is InChI=1S/C16H27N3O/c1-3-14-11-15(19-13(2)18-14)17-12-16(9-10-20)7-5-4-6-8-16/h11,20H,3-10,12H2,1-2H3,(H,17,18,19). The second kappa shape index (κ2) is 7.02. The van der Waals surface area contributed by atoms with E-state index in [0.29, 0.717) is 0 Å². The molecule has 1 aliphatic rings. The monoisotopic (exact) mass is 277 g/mol. The molecule has 0 bridgehead atoms. The first-order valence-corrected chi connectivity index (χ1v) is 7.87. The van der Waals surface area contributed by atoms with E-state index in [4.69, 9.17) is 0 Å². The molecule has 2 rings (SSSR count). The van der Waals surface area contributed by atoms with E-state index in [-0.39, 0.29) is 12.0 Å². The van der Waals surface area contributed by atoms with Crippen molar-refractivity contribution in [3.8, 4) is 0 Å². The normalized spacial score (nSPS) is 17.9. The summed E-state index contributed by atoms with van der Waals surface area (Å²) in [5.41, 5.74) is 1.33. The first kappa shape index (κ1) is 15.2. The Morgan fingerprint density at radius 1 is 1.25 bits per heavy atom. The average Bonchev–Trinajstić information content (AvgIpc) is 2.46. The maximum absolute atomic E-state index is 9.35. The topological polar surface area (TPSA) is 58.0 Å². The number of anilines is 1. The summed E-state index contributed by atoms with van der Waals surface area (Å²) in [5.74, 6) is 1.75. The van der Waals surface area contributed by atoms with Crippen molar-refractivity contribution >= 4 is 5.82 Å². The van der Waals surface area contributed by atoms with Crippen LogP contribution in [0.2, 0.25) is 0 Å². The molecule has 1 aliphatic carbocycles. The number of aryl methyl sites for hydroxylation is 2. The molecule has 1 aromatic rings. The largest absolute Gasteiger partial charge is 0.396 e. The SMILES string of the molecule is CCc1cc(NCC2(CCO)CCCCC2)nc(C)n1. The van der Waals surface area contributed by atoms with E-state index < -0.39 is 0 Å². The molecule has 0 atom stereocenters. The van der Waals surface area contributed by atoms with E-state index >= 15 is 0 Å². The van der Waals surface area contributed by atoms with Gasteiger partial charge in [0.25, 0.3) is 0 Å². The molecule has 0 aromatic carbocycles. The van der Waals surface area contributed by atoms with Gasteiger partial charge < -0.3 is 10.4 Å². The molecule has 1 aromatic heterocycles. The number of rotatable bonds is 6. The van der Waals surface area contributed by atoms with Crippen molar-refractivity contribution in [1.29, 1.82) is 0 Å². The van der Waals surface area contributed by atoms with E-state index in [1.807, 2.05) is 13.0 Å². The molecule has 0 unspecified atom stereocenters. The molecule has 112 valence electrons. The minimum Gasteiger partial charge on any atom is -0.396 e. The zero-order chi connectivity index (χ0) is 14.4. The van der Waals surface area contributed by atoms with Gasteiger partial charge in [0, 0.05) is 24.9 Å². The highest BCUT2D eigenvalue weighted by atomic mass is 16.3. The van der Waals surface area contributed by atoms with Crippen LogP contribution in [0.4, 0.5) is 5.82 Å². The van der Waals surface area contributed by atoms with Crippen molar-refractivity contribution in [2.75, 3.05) is 18.5 Å². The van der Waals surface area contributed by atoms with Crippen LogP contribution in [-0.4, -0.2) is 28.2 Å². The zero-order valence-corrected chi connectivity index (χ0v) is 12.8. The second-order valence-electron chi connectivity index (χ2n) is 6.03. The predicted molar refractivity (Wildman–Crippen MR) is 81.9 cm³/mol. The van der Waals surface area contributed by atoms with Crippen molar-refractivity contribution in [3.63, 3.8) is 0 Å². The van der Waals surface area contributed by atoms with Gasteiger partial charge in [-0.3, -0.25) is 0 Å². The fraction of sp³-hybridized carbons (Fsp3) is 0.750. The second-order valence-corrected chi connectivity index (χ2v) is 6.03. The van der Waals surface area contributed by atoms with E-state index in [2.05, 4.69) is 22.2 Å². The molecule has 4 nitrogen and oxygen atoms in total. The molecular weight excluding hydrogens is 250 g/mol. The first-order valence-electron chi connectivity index (χ1n) is 7.87. The molecule has 0 spiro atoms. The zero-order valence-electron chi connectivity index (χ0n) is 12.8. The summed E-state index contributed by atoms with van der Waals surface area (Å²) in [6, 6.07) is 2.04. The maximum atomic E-state index is 9.35. The van der Waals surface area contributed by atoms with E-state index in [1.54, 1.807) is 0 Å². The lowest BCUT2D eigenvalue weighted by atomic mass is 9.72.